The van der Waals surface area contributed by atoms with Crippen LogP contribution in [-0.2, 0) is 11.8 Å². The summed E-state index contributed by atoms with van der Waals surface area (Å²) in [4.78, 5) is 12.0. The fraction of sp³-hybridized carbons (Fsp3) is 0.111. The molecule has 0 aliphatic heterocycles. The van der Waals surface area contributed by atoms with Gasteiger partial charge in [0.05, 0.1) is 12.0 Å². The molecule has 2 aromatic carbocycles. The second-order valence-corrected chi connectivity index (χ2v) is 7.08. The van der Waals surface area contributed by atoms with Crippen LogP contribution in [0.4, 0.5) is 0 Å². The maximum Gasteiger partial charge on any atom is 0.250 e. The van der Waals surface area contributed by atoms with Crippen LogP contribution in [0, 0.1) is 0 Å². The molecule has 0 radical (unpaired) electrons. The number of halogens is 1. The zero-order valence-electron chi connectivity index (χ0n) is 14.7. The van der Waals surface area contributed by atoms with Gasteiger partial charge in [0.15, 0.2) is 11.0 Å². The van der Waals surface area contributed by atoms with Gasteiger partial charge < -0.3 is 14.8 Å². The van der Waals surface area contributed by atoms with Gasteiger partial charge in [-0.1, -0.05) is 35.5 Å². The topological polar surface area (TPSA) is 113 Å². The number of carbonyl (C=O) groups is 1. The van der Waals surface area contributed by atoms with Gasteiger partial charge in [-0.05, 0) is 24.3 Å². The van der Waals surface area contributed by atoms with E-state index in [1.54, 1.807) is 16.7 Å². The van der Waals surface area contributed by atoms with Crippen LogP contribution in [0.5, 0.6) is 11.5 Å². The van der Waals surface area contributed by atoms with Crippen LogP contribution in [0.15, 0.2) is 52.7 Å². The van der Waals surface area contributed by atoms with Crippen molar-refractivity contribution in [3.05, 3.63) is 53.1 Å². The number of nitrogens with zero attached hydrogens (tertiary/aromatic N) is 4. The molecule has 0 saturated heterocycles. The number of nitrogens with one attached hydrogen (secondary N) is 1. The minimum absolute atomic E-state index is 0.0593. The first-order valence-electron chi connectivity index (χ1n) is 8.06. The average molecular weight is 418 g/mol. The Morgan fingerprint density at radius 1 is 1.29 bits per heavy atom. The van der Waals surface area contributed by atoms with Crippen molar-refractivity contribution in [2.24, 2.45) is 12.1 Å². The van der Waals surface area contributed by atoms with Gasteiger partial charge in [-0.15, -0.1) is 10.2 Å². The molecule has 0 atom stereocenters. The zero-order chi connectivity index (χ0) is 20.1. The maximum absolute atomic E-state index is 12.0. The number of carbonyl (C=O) groups excluding carboxylic acids is 1. The minimum Gasteiger partial charge on any atom is -0.508 e. The standard InChI is InChI=1S/C18H16ClN5O3S/c1-24-17(11-3-2-4-13(19)7-11)22-23-18(24)28-10-16(27)21-20-9-12-5-6-14(25)8-15(12)26/h2-9,25-26H,10H2,1H3,(H,21,27)/b20-9-. The largest absolute Gasteiger partial charge is 0.508 e. The summed E-state index contributed by atoms with van der Waals surface area (Å²) in [7, 11) is 1.81. The number of hydrogen-bond acceptors (Lipinski definition) is 7. The third kappa shape index (κ3) is 4.81. The van der Waals surface area contributed by atoms with E-state index >= 15 is 0 Å². The molecule has 0 aliphatic rings. The molecule has 0 aliphatic carbocycles. The van der Waals surface area contributed by atoms with E-state index in [-0.39, 0.29) is 23.2 Å². The Kier molecular flexibility index (Phi) is 6.17. The molecule has 3 N–H and O–H groups in total. The lowest BCUT2D eigenvalue weighted by Crippen LogP contribution is -2.19. The van der Waals surface area contributed by atoms with Crippen molar-refractivity contribution in [3.8, 4) is 22.9 Å². The number of amides is 1. The Morgan fingerprint density at radius 2 is 2.11 bits per heavy atom. The highest BCUT2D eigenvalue weighted by Crippen LogP contribution is 2.24. The fourth-order valence-corrected chi connectivity index (χ4v) is 3.19. The SMILES string of the molecule is Cn1c(SCC(=O)N/N=C\c2ccc(O)cc2O)nnc1-c1cccc(Cl)c1. The Balaban J connectivity index is 1.57. The van der Waals surface area contributed by atoms with E-state index in [4.69, 9.17) is 11.6 Å². The lowest BCUT2D eigenvalue weighted by molar-refractivity contribution is -0.118. The molecule has 28 heavy (non-hydrogen) atoms. The molecule has 3 rings (SSSR count). The lowest BCUT2D eigenvalue weighted by Gasteiger charge is -2.04. The first-order valence-corrected chi connectivity index (χ1v) is 9.42. The lowest BCUT2D eigenvalue weighted by atomic mass is 10.2. The highest BCUT2D eigenvalue weighted by molar-refractivity contribution is 7.99. The van der Waals surface area contributed by atoms with Gasteiger partial charge in [0, 0.05) is 29.3 Å². The van der Waals surface area contributed by atoms with Crippen LogP contribution in [0.3, 0.4) is 0 Å². The molecule has 0 fully saturated rings. The van der Waals surface area contributed by atoms with Crippen LogP contribution in [0.1, 0.15) is 5.56 Å². The van der Waals surface area contributed by atoms with Crippen molar-refractivity contribution in [2.75, 3.05) is 5.75 Å². The number of hydrogen-bond donors (Lipinski definition) is 3. The van der Waals surface area contributed by atoms with E-state index in [0.717, 1.165) is 5.56 Å². The summed E-state index contributed by atoms with van der Waals surface area (Å²) >= 11 is 7.22. The zero-order valence-corrected chi connectivity index (χ0v) is 16.3. The van der Waals surface area contributed by atoms with Gasteiger partial charge in [-0.2, -0.15) is 5.10 Å². The Labute approximate surface area is 169 Å². The van der Waals surface area contributed by atoms with Gasteiger partial charge in [0.1, 0.15) is 11.5 Å². The first kappa shape index (κ1) is 19.7. The normalized spacial score (nSPS) is 11.1. The number of phenolic OH excluding ortho intramolecular Hbond substituents is 2. The van der Waals surface area contributed by atoms with E-state index in [0.29, 0.717) is 21.6 Å². The predicted octanol–water partition coefficient (Wildman–Crippen LogP) is 2.79. The quantitative estimate of drug-likeness (QED) is 0.323. The molecule has 0 unspecified atom stereocenters. The molecular formula is C18H16ClN5O3S. The van der Waals surface area contributed by atoms with Crippen molar-refractivity contribution < 1.29 is 15.0 Å². The number of benzene rings is 2. The summed E-state index contributed by atoms with van der Waals surface area (Å²) in [6, 6.07) is 11.3. The van der Waals surface area contributed by atoms with E-state index in [1.165, 1.54) is 36.2 Å². The number of hydrazone groups is 1. The van der Waals surface area contributed by atoms with Crippen molar-refractivity contribution >= 4 is 35.5 Å². The summed E-state index contributed by atoms with van der Waals surface area (Å²) in [6.45, 7) is 0. The molecule has 10 heteroatoms. The molecule has 0 bridgehead atoms. The number of thioether (sulfide) groups is 1. The van der Waals surface area contributed by atoms with Gasteiger partial charge in [-0.3, -0.25) is 4.79 Å². The molecule has 3 aromatic rings. The Hall–Kier alpha value is -3.04. The molecule has 1 heterocycles. The van der Waals surface area contributed by atoms with Crippen LogP contribution < -0.4 is 5.43 Å². The first-order chi connectivity index (χ1) is 13.4. The third-order valence-corrected chi connectivity index (χ3v) is 4.91. The summed E-state index contributed by atoms with van der Waals surface area (Å²) < 4.78 is 1.78. The van der Waals surface area contributed by atoms with Crippen LogP contribution >= 0.6 is 23.4 Å². The van der Waals surface area contributed by atoms with Gasteiger partial charge in [0.2, 0.25) is 0 Å². The summed E-state index contributed by atoms with van der Waals surface area (Å²) in [5, 5.41) is 32.1. The van der Waals surface area contributed by atoms with Crippen molar-refractivity contribution in [1.82, 2.24) is 20.2 Å². The highest BCUT2D eigenvalue weighted by Gasteiger charge is 2.13. The average Bonchev–Trinajstić information content (AvgIpc) is 3.02. The molecule has 0 spiro atoms. The van der Waals surface area contributed by atoms with Gasteiger partial charge in [0.25, 0.3) is 5.91 Å². The van der Waals surface area contributed by atoms with Crippen molar-refractivity contribution in [1.29, 1.82) is 0 Å². The molecule has 0 saturated carbocycles. The Bertz CT molecular complexity index is 1040. The van der Waals surface area contributed by atoms with Crippen LogP contribution in [0.2, 0.25) is 5.02 Å². The monoisotopic (exact) mass is 417 g/mol. The highest BCUT2D eigenvalue weighted by atomic mass is 35.5. The number of aromatic nitrogens is 3. The van der Waals surface area contributed by atoms with Crippen molar-refractivity contribution in [3.63, 3.8) is 0 Å². The molecule has 1 aromatic heterocycles. The molecule has 1 amide bonds. The van der Waals surface area contributed by atoms with E-state index in [1.807, 2.05) is 19.2 Å². The van der Waals surface area contributed by atoms with Gasteiger partial charge >= 0.3 is 0 Å². The van der Waals surface area contributed by atoms with E-state index < -0.39 is 0 Å². The minimum atomic E-state index is -0.341. The smallest absolute Gasteiger partial charge is 0.250 e. The van der Waals surface area contributed by atoms with Crippen molar-refractivity contribution in [2.45, 2.75) is 5.16 Å². The van der Waals surface area contributed by atoms with Gasteiger partial charge in [-0.25, -0.2) is 5.43 Å². The maximum atomic E-state index is 12.0. The fourth-order valence-electron chi connectivity index (χ4n) is 2.30. The second-order valence-electron chi connectivity index (χ2n) is 5.70. The summed E-state index contributed by atoms with van der Waals surface area (Å²) in [5.74, 6) is 0.189. The number of phenols is 2. The van der Waals surface area contributed by atoms with E-state index in [9.17, 15) is 15.0 Å². The van der Waals surface area contributed by atoms with E-state index in [2.05, 4.69) is 20.7 Å². The van der Waals surface area contributed by atoms with Crippen LogP contribution in [0.25, 0.3) is 11.4 Å². The second kappa shape index (κ2) is 8.77. The molecular weight excluding hydrogens is 402 g/mol. The number of rotatable bonds is 6. The van der Waals surface area contributed by atoms with Crippen LogP contribution in [-0.4, -0.2) is 42.9 Å². The molecule has 144 valence electrons. The third-order valence-electron chi connectivity index (χ3n) is 3.66. The summed E-state index contributed by atoms with van der Waals surface area (Å²) in [6.07, 6.45) is 1.29. The number of aromatic hydroxyl groups is 2. The predicted molar refractivity (Wildman–Crippen MR) is 108 cm³/mol. The summed E-state index contributed by atoms with van der Waals surface area (Å²) in [5.41, 5.74) is 3.57. The molecule has 8 nitrogen and oxygen atoms in total. The Morgan fingerprint density at radius 3 is 2.86 bits per heavy atom.